The molecule has 0 spiro atoms. The topological polar surface area (TPSA) is 95.1 Å². The fourth-order valence-electron chi connectivity index (χ4n) is 2.04. The highest BCUT2D eigenvalue weighted by Gasteiger charge is 2.14. The van der Waals surface area contributed by atoms with Gasteiger partial charge in [0.2, 0.25) is 0 Å². The highest BCUT2D eigenvalue weighted by molar-refractivity contribution is 6.33. The summed E-state index contributed by atoms with van der Waals surface area (Å²) in [4.78, 5) is 30.4. The zero-order chi connectivity index (χ0) is 15.7. The summed E-state index contributed by atoms with van der Waals surface area (Å²) in [5.74, 6) is -1.62. The number of hydrogen-bond acceptors (Lipinski definition) is 3. The van der Waals surface area contributed by atoms with E-state index >= 15 is 0 Å². The average Bonchev–Trinajstić information content (AvgIpc) is 2.94. The van der Waals surface area contributed by atoms with Gasteiger partial charge < -0.3 is 15.4 Å². The van der Waals surface area contributed by atoms with Crippen molar-refractivity contribution in [1.29, 1.82) is 0 Å². The fraction of sp³-hybridized carbons (Fsp3) is 0. The maximum atomic E-state index is 12.2. The molecule has 22 heavy (non-hydrogen) atoms. The van der Waals surface area contributed by atoms with Crippen molar-refractivity contribution < 1.29 is 14.7 Å². The second-order valence-corrected chi connectivity index (χ2v) is 5.00. The van der Waals surface area contributed by atoms with Crippen LogP contribution < -0.4 is 5.32 Å². The lowest BCUT2D eigenvalue weighted by molar-refractivity contribution is 0.0697. The molecule has 3 N–H and O–H groups in total. The van der Waals surface area contributed by atoms with Crippen molar-refractivity contribution in [2.45, 2.75) is 0 Å². The van der Waals surface area contributed by atoms with Crippen LogP contribution in [0.4, 0.5) is 5.69 Å². The quantitative estimate of drug-likeness (QED) is 0.691. The van der Waals surface area contributed by atoms with Gasteiger partial charge in [0.1, 0.15) is 5.65 Å². The predicted molar refractivity (Wildman–Crippen MR) is 82.5 cm³/mol. The normalized spacial score (nSPS) is 10.6. The van der Waals surface area contributed by atoms with E-state index in [9.17, 15) is 9.59 Å². The summed E-state index contributed by atoms with van der Waals surface area (Å²) < 4.78 is 0. The summed E-state index contributed by atoms with van der Waals surface area (Å²) in [6.45, 7) is 0. The molecule has 110 valence electrons. The van der Waals surface area contributed by atoms with Crippen molar-refractivity contribution in [3.8, 4) is 0 Å². The van der Waals surface area contributed by atoms with Crippen LogP contribution in [0.5, 0.6) is 0 Å². The van der Waals surface area contributed by atoms with Crippen LogP contribution in [0.1, 0.15) is 20.7 Å². The van der Waals surface area contributed by atoms with Crippen molar-refractivity contribution in [2.24, 2.45) is 0 Å². The fourth-order valence-corrected chi connectivity index (χ4v) is 2.24. The zero-order valence-corrected chi connectivity index (χ0v) is 11.9. The molecule has 0 aliphatic heterocycles. The van der Waals surface area contributed by atoms with Gasteiger partial charge in [-0.3, -0.25) is 4.79 Å². The summed E-state index contributed by atoms with van der Waals surface area (Å²) in [5.41, 5.74) is 1.33. The van der Waals surface area contributed by atoms with Crippen molar-refractivity contribution >= 4 is 40.2 Å². The van der Waals surface area contributed by atoms with Crippen LogP contribution in [0, 0.1) is 0 Å². The molecule has 0 saturated carbocycles. The van der Waals surface area contributed by atoms with Crippen molar-refractivity contribution in [1.82, 2.24) is 9.97 Å². The Hall–Kier alpha value is -2.86. The molecular weight excluding hydrogens is 306 g/mol. The van der Waals surface area contributed by atoms with Crippen LogP contribution in [0.2, 0.25) is 5.02 Å². The van der Waals surface area contributed by atoms with Gasteiger partial charge in [0.05, 0.1) is 22.5 Å². The molecule has 0 saturated heterocycles. The van der Waals surface area contributed by atoms with Gasteiger partial charge in [-0.15, -0.1) is 0 Å². The first-order valence-electron chi connectivity index (χ1n) is 6.32. The number of pyridine rings is 1. The minimum absolute atomic E-state index is 0.0828. The number of carbonyl (C=O) groups excluding carboxylic acids is 1. The Morgan fingerprint density at radius 3 is 2.82 bits per heavy atom. The van der Waals surface area contributed by atoms with Gasteiger partial charge in [-0.25, -0.2) is 9.78 Å². The maximum absolute atomic E-state index is 12.2. The van der Waals surface area contributed by atoms with Gasteiger partial charge in [-0.2, -0.15) is 0 Å². The predicted octanol–water partition coefficient (Wildman–Crippen LogP) is 3.17. The molecule has 1 aromatic carbocycles. The molecule has 0 aliphatic rings. The smallest absolute Gasteiger partial charge is 0.337 e. The molecule has 1 amide bonds. The number of amides is 1. The minimum Gasteiger partial charge on any atom is -0.478 e. The van der Waals surface area contributed by atoms with Crippen LogP contribution in [0.15, 0.2) is 42.7 Å². The molecule has 0 fully saturated rings. The van der Waals surface area contributed by atoms with E-state index in [4.69, 9.17) is 16.7 Å². The molecule has 0 radical (unpaired) electrons. The first-order valence-corrected chi connectivity index (χ1v) is 6.70. The van der Waals surface area contributed by atoms with Gasteiger partial charge in [0, 0.05) is 17.1 Å². The Balaban J connectivity index is 1.87. The monoisotopic (exact) mass is 315 g/mol. The number of halogens is 1. The Morgan fingerprint density at radius 2 is 2.05 bits per heavy atom. The number of anilines is 1. The van der Waals surface area contributed by atoms with E-state index in [1.54, 1.807) is 12.3 Å². The maximum Gasteiger partial charge on any atom is 0.337 e. The summed E-state index contributed by atoms with van der Waals surface area (Å²) >= 11 is 5.78. The summed E-state index contributed by atoms with van der Waals surface area (Å²) in [6.07, 6.45) is 3.27. The second kappa shape index (κ2) is 5.50. The van der Waals surface area contributed by atoms with Crippen LogP contribution in [0.25, 0.3) is 11.0 Å². The summed E-state index contributed by atoms with van der Waals surface area (Å²) in [6, 6.07) is 7.69. The van der Waals surface area contributed by atoms with Gasteiger partial charge >= 0.3 is 5.97 Å². The van der Waals surface area contributed by atoms with Crippen LogP contribution in [0.3, 0.4) is 0 Å². The first kappa shape index (κ1) is 14.1. The minimum atomic E-state index is -1.19. The number of aromatic nitrogens is 2. The number of rotatable bonds is 3. The lowest BCUT2D eigenvalue weighted by Gasteiger charge is -2.06. The van der Waals surface area contributed by atoms with E-state index in [1.807, 2.05) is 6.07 Å². The molecule has 6 nitrogen and oxygen atoms in total. The molecule has 2 heterocycles. The Morgan fingerprint density at radius 1 is 1.23 bits per heavy atom. The van der Waals surface area contributed by atoms with E-state index in [1.165, 1.54) is 24.4 Å². The molecule has 0 unspecified atom stereocenters. The van der Waals surface area contributed by atoms with E-state index in [-0.39, 0.29) is 16.1 Å². The number of H-pyrrole nitrogens is 1. The number of hydrogen-bond donors (Lipinski definition) is 3. The number of carboxylic acid groups (broad SMARTS) is 1. The molecule has 0 atom stereocenters. The van der Waals surface area contributed by atoms with E-state index in [2.05, 4.69) is 15.3 Å². The average molecular weight is 316 g/mol. The van der Waals surface area contributed by atoms with Crippen molar-refractivity contribution in [3.05, 3.63) is 58.9 Å². The van der Waals surface area contributed by atoms with Crippen LogP contribution in [-0.4, -0.2) is 27.0 Å². The molecule has 0 bridgehead atoms. The van der Waals surface area contributed by atoms with E-state index < -0.39 is 11.9 Å². The second-order valence-electron chi connectivity index (χ2n) is 4.59. The molecule has 7 heteroatoms. The standard InChI is InChI=1S/C15H10ClN3O3/c16-12-2-1-9(6-11(12)15(21)22)14(20)19-10-5-8-3-4-17-13(8)18-7-10/h1-7H,(H,17,18)(H,19,20)(H,21,22). The SMILES string of the molecule is O=C(Nc1cnc2[nH]ccc2c1)c1ccc(Cl)c(C(=O)O)c1. The Kier molecular flexibility index (Phi) is 3.52. The van der Waals surface area contributed by atoms with Crippen LogP contribution in [-0.2, 0) is 0 Å². The van der Waals surface area contributed by atoms with Crippen molar-refractivity contribution in [3.63, 3.8) is 0 Å². The number of carboxylic acids is 1. The molecule has 0 aliphatic carbocycles. The molecular formula is C15H10ClN3O3. The van der Waals surface area contributed by atoms with E-state index in [0.29, 0.717) is 5.69 Å². The number of carbonyl (C=O) groups is 2. The highest BCUT2D eigenvalue weighted by atomic mass is 35.5. The zero-order valence-electron chi connectivity index (χ0n) is 11.1. The van der Waals surface area contributed by atoms with Gasteiger partial charge in [-0.05, 0) is 30.3 Å². The molecule has 2 aromatic heterocycles. The Bertz CT molecular complexity index is 889. The third-order valence-electron chi connectivity index (χ3n) is 3.12. The lowest BCUT2D eigenvalue weighted by atomic mass is 10.1. The number of nitrogens with one attached hydrogen (secondary N) is 2. The number of aromatic amines is 1. The first-order chi connectivity index (χ1) is 10.5. The van der Waals surface area contributed by atoms with Gasteiger partial charge in [-0.1, -0.05) is 11.6 Å². The third-order valence-corrected chi connectivity index (χ3v) is 3.45. The third kappa shape index (κ3) is 2.64. The molecule has 3 rings (SSSR count). The largest absolute Gasteiger partial charge is 0.478 e. The number of benzene rings is 1. The highest BCUT2D eigenvalue weighted by Crippen LogP contribution is 2.20. The Labute approximate surface area is 129 Å². The molecule has 3 aromatic rings. The van der Waals surface area contributed by atoms with Gasteiger partial charge in [0.25, 0.3) is 5.91 Å². The summed E-state index contributed by atoms with van der Waals surface area (Å²) in [5, 5.41) is 12.6. The number of aromatic carboxylic acids is 1. The summed E-state index contributed by atoms with van der Waals surface area (Å²) in [7, 11) is 0. The van der Waals surface area contributed by atoms with Crippen LogP contribution >= 0.6 is 11.6 Å². The van der Waals surface area contributed by atoms with E-state index in [0.717, 1.165) is 11.0 Å². The number of nitrogens with zero attached hydrogens (tertiary/aromatic N) is 1. The number of fused-ring (bicyclic) bond motifs is 1. The van der Waals surface area contributed by atoms with Crippen molar-refractivity contribution in [2.75, 3.05) is 5.32 Å². The van der Waals surface area contributed by atoms with Gasteiger partial charge in [0.15, 0.2) is 0 Å². The lowest BCUT2D eigenvalue weighted by Crippen LogP contribution is -2.13.